The number of rotatable bonds is 5. The number of anilines is 1. The summed E-state index contributed by atoms with van der Waals surface area (Å²) in [6, 6.07) is 15.5. The second-order valence-corrected chi connectivity index (χ2v) is 7.31. The number of hydrogen-bond acceptors (Lipinski definition) is 5. The van der Waals surface area contributed by atoms with E-state index in [-0.39, 0.29) is 17.9 Å². The molecule has 1 fully saturated rings. The van der Waals surface area contributed by atoms with Crippen LogP contribution in [0.25, 0.3) is 5.76 Å². The van der Waals surface area contributed by atoms with Crippen molar-refractivity contribution >= 4 is 29.0 Å². The molecular weight excluding hydrogens is 384 g/mol. The van der Waals surface area contributed by atoms with Crippen molar-refractivity contribution in [1.82, 2.24) is 4.90 Å². The lowest BCUT2D eigenvalue weighted by Gasteiger charge is -2.34. The van der Waals surface area contributed by atoms with E-state index in [0.29, 0.717) is 29.8 Å². The zero-order chi connectivity index (χ0) is 21.5. The Kier molecular flexibility index (Phi) is 4.91. The van der Waals surface area contributed by atoms with Crippen LogP contribution in [0, 0.1) is 0 Å². The molecule has 1 atom stereocenters. The lowest BCUT2D eigenvalue weighted by Crippen LogP contribution is -2.51. The number of hydrogen-bond donors (Lipinski definition) is 1. The molecule has 1 saturated heterocycles. The number of benzene rings is 2. The van der Waals surface area contributed by atoms with Crippen LogP contribution in [-0.2, 0) is 24.7 Å². The number of amides is 2. The van der Waals surface area contributed by atoms with E-state index in [4.69, 9.17) is 4.74 Å². The molecule has 7 heteroatoms. The first-order valence-corrected chi connectivity index (χ1v) is 9.68. The van der Waals surface area contributed by atoms with Crippen molar-refractivity contribution in [3.8, 4) is 0 Å². The van der Waals surface area contributed by atoms with E-state index >= 15 is 0 Å². The molecule has 30 heavy (non-hydrogen) atoms. The van der Waals surface area contributed by atoms with Gasteiger partial charge in [0.2, 0.25) is 0 Å². The molecule has 0 bridgehead atoms. The zero-order valence-corrected chi connectivity index (χ0v) is 16.8. The van der Waals surface area contributed by atoms with Gasteiger partial charge in [0.1, 0.15) is 5.76 Å². The highest BCUT2D eigenvalue weighted by Crippen LogP contribution is 2.53. The number of carbonyl (C=O) groups is 3. The number of carbonyl (C=O) groups excluding carboxylic acids is 3. The molecule has 154 valence electrons. The molecule has 0 aliphatic carbocycles. The van der Waals surface area contributed by atoms with Gasteiger partial charge in [0, 0.05) is 44.1 Å². The largest absolute Gasteiger partial charge is 0.507 e. The molecule has 2 aliphatic rings. The molecule has 4 rings (SSSR count). The predicted molar refractivity (Wildman–Crippen MR) is 111 cm³/mol. The van der Waals surface area contributed by atoms with Crippen LogP contribution in [0.2, 0.25) is 0 Å². The molecule has 2 aliphatic heterocycles. The number of fused-ring (bicyclic) bond motifs is 2. The average molecular weight is 406 g/mol. The van der Waals surface area contributed by atoms with Gasteiger partial charge in [-0.3, -0.25) is 14.4 Å². The standard InChI is InChI=1S/C23H22N2O5/c1-24-17-12-7-6-11-16(17)23(22(24)29)18(19(26)15-9-4-3-5-10-15)20(27)21(28)25(23)13-8-14-30-2/h3-7,9-12,26H,8,13-14H2,1-2H3. The van der Waals surface area contributed by atoms with Crippen molar-refractivity contribution in [2.24, 2.45) is 0 Å². The monoisotopic (exact) mass is 406 g/mol. The van der Waals surface area contributed by atoms with E-state index in [0.717, 1.165) is 0 Å². The summed E-state index contributed by atoms with van der Waals surface area (Å²) in [6.07, 6.45) is 0.440. The fourth-order valence-corrected chi connectivity index (χ4v) is 4.38. The number of aliphatic hydroxyl groups is 1. The predicted octanol–water partition coefficient (Wildman–Crippen LogP) is 2.28. The van der Waals surface area contributed by atoms with Crippen LogP contribution < -0.4 is 4.90 Å². The molecule has 1 unspecified atom stereocenters. The molecule has 0 aromatic heterocycles. The second-order valence-electron chi connectivity index (χ2n) is 7.31. The van der Waals surface area contributed by atoms with Crippen LogP contribution in [0.15, 0.2) is 60.2 Å². The molecule has 2 amide bonds. The van der Waals surface area contributed by atoms with Gasteiger partial charge < -0.3 is 19.6 Å². The Morgan fingerprint density at radius 2 is 1.70 bits per heavy atom. The number of likely N-dealkylation sites (N-methyl/N-ethyl adjacent to an activating group) is 1. The SMILES string of the molecule is COCCCN1C(=O)C(=O)C(=C(O)c2ccccc2)C12C(=O)N(C)c1ccccc12. The van der Waals surface area contributed by atoms with Gasteiger partial charge in [-0.15, -0.1) is 0 Å². The first kappa shape index (κ1) is 19.8. The van der Waals surface area contributed by atoms with Crippen molar-refractivity contribution in [3.05, 3.63) is 71.3 Å². The van der Waals surface area contributed by atoms with Crippen molar-refractivity contribution < 1.29 is 24.2 Å². The van der Waals surface area contributed by atoms with Gasteiger partial charge in [-0.1, -0.05) is 48.5 Å². The van der Waals surface area contributed by atoms with Gasteiger partial charge in [0.15, 0.2) is 5.54 Å². The third-order valence-corrected chi connectivity index (χ3v) is 5.72. The summed E-state index contributed by atoms with van der Waals surface area (Å²) in [7, 11) is 3.15. The number of Topliss-reactive ketones (excluding diaryl/α,β-unsaturated/α-hetero) is 1. The lowest BCUT2D eigenvalue weighted by molar-refractivity contribution is -0.143. The van der Waals surface area contributed by atoms with Crippen LogP contribution in [0.1, 0.15) is 17.5 Å². The highest BCUT2D eigenvalue weighted by molar-refractivity contribution is 6.50. The van der Waals surface area contributed by atoms with Crippen molar-refractivity contribution in [1.29, 1.82) is 0 Å². The minimum atomic E-state index is -1.70. The fourth-order valence-electron chi connectivity index (χ4n) is 4.38. The van der Waals surface area contributed by atoms with Gasteiger partial charge in [0.05, 0.1) is 5.57 Å². The maximum Gasteiger partial charge on any atom is 0.296 e. The number of ketones is 1. The minimum Gasteiger partial charge on any atom is -0.507 e. The van der Waals surface area contributed by atoms with Gasteiger partial charge in [-0.05, 0) is 12.5 Å². The third-order valence-electron chi connectivity index (χ3n) is 5.72. The smallest absolute Gasteiger partial charge is 0.296 e. The minimum absolute atomic E-state index is 0.137. The van der Waals surface area contributed by atoms with Crippen molar-refractivity contribution in [2.75, 3.05) is 32.2 Å². The molecule has 2 aromatic carbocycles. The van der Waals surface area contributed by atoms with E-state index in [1.165, 1.54) is 9.80 Å². The lowest BCUT2D eigenvalue weighted by atomic mass is 9.82. The molecule has 2 aromatic rings. The summed E-state index contributed by atoms with van der Waals surface area (Å²) in [5, 5.41) is 11.1. The molecular formula is C23H22N2O5. The Morgan fingerprint density at radius 3 is 2.40 bits per heavy atom. The Balaban J connectivity index is 2.02. The summed E-state index contributed by atoms with van der Waals surface area (Å²) < 4.78 is 5.10. The molecule has 1 N–H and O–H groups in total. The highest BCUT2D eigenvalue weighted by Gasteiger charge is 2.66. The summed E-state index contributed by atoms with van der Waals surface area (Å²) in [6.45, 7) is 0.501. The van der Waals surface area contributed by atoms with Gasteiger partial charge in [0.25, 0.3) is 17.6 Å². The van der Waals surface area contributed by atoms with E-state index in [1.54, 1.807) is 68.8 Å². The molecule has 7 nitrogen and oxygen atoms in total. The maximum absolute atomic E-state index is 13.7. The number of para-hydroxylation sites is 1. The first-order valence-electron chi connectivity index (χ1n) is 9.68. The van der Waals surface area contributed by atoms with Crippen LogP contribution in [-0.4, -0.2) is 54.9 Å². The van der Waals surface area contributed by atoms with Crippen molar-refractivity contribution in [3.63, 3.8) is 0 Å². The summed E-state index contributed by atoms with van der Waals surface area (Å²) in [5.74, 6) is -2.48. The third kappa shape index (κ3) is 2.59. The number of methoxy groups -OCH3 is 1. The van der Waals surface area contributed by atoms with E-state index in [1.807, 2.05) is 0 Å². The Hall–Kier alpha value is -3.45. The van der Waals surface area contributed by atoms with Crippen LogP contribution in [0.4, 0.5) is 5.69 Å². The molecule has 1 spiro atoms. The first-order chi connectivity index (χ1) is 14.5. The summed E-state index contributed by atoms with van der Waals surface area (Å²) in [5.41, 5.74) is -0.427. The Morgan fingerprint density at radius 1 is 1.03 bits per heavy atom. The number of ether oxygens (including phenoxy) is 1. The summed E-state index contributed by atoms with van der Waals surface area (Å²) in [4.78, 5) is 42.7. The highest BCUT2D eigenvalue weighted by atomic mass is 16.5. The van der Waals surface area contributed by atoms with Gasteiger partial charge in [-0.2, -0.15) is 0 Å². The quantitative estimate of drug-likeness (QED) is 0.356. The van der Waals surface area contributed by atoms with E-state index < -0.39 is 23.1 Å². The van der Waals surface area contributed by atoms with Crippen LogP contribution >= 0.6 is 0 Å². The number of aliphatic hydroxyl groups excluding tert-OH is 1. The Labute approximate surface area is 174 Å². The normalized spacial score (nSPS) is 22.3. The number of nitrogens with zero attached hydrogens (tertiary/aromatic N) is 2. The topological polar surface area (TPSA) is 87.1 Å². The fraction of sp³-hybridized carbons (Fsp3) is 0.261. The van der Waals surface area contributed by atoms with Crippen molar-refractivity contribution in [2.45, 2.75) is 12.0 Å². The van der Waals surface area contributed by atoms with Gasteiger partial charge in [-0.25, -0.2) is 0 Å². The second kappa shape index (κ2) is 7.42. The van der Waals surface area contributed by atoms with E-state index in [2.05, 4.69) is 0 Å². The maximum atomic E-state index is 13.7. The zero-order valence-electron chi connectivity index (χ0n) is 16.8. The molecule has 0 saturated carbocycles. The average Bonchev–Trinajstić information content (AvgIpc) is 3.13. The molecule has 2 heterocycles. The number of likely N-dealkylation sites (tertiary alicyclic amines) is 1. The van der Waals surface area contributed by atoms with Crippen LogP contribution in [0.3, 0.4) is 0 Å². The van der Waals surface area contributed by atoms with E-state index in [9.17, 15) is 19.5 Å². The Bertz CT molecular complexity index is 1060. The van der Waals surface area contributed by atoms with Gasteiger partial charge >= 0.3 is 0 Å². The molecule has 0 radical (unpaired) electrons. The summed E-state index contributed by atoms with van der Waals surface area (Å²) >= 11 is 0. The van der Waals surface area contributed by atoms with Crippen LogP contribution in [0.5, 0.6) is 0 Å².